The van der Waals surface area contributed by atoms with Gasteiger partial charge in [0.25, 0.3) is 11.6 Å². The van der Waals surface area contributed by atoms with Gasteiger partial charge >= 0.3 is 0 Å². The second-order valence-electron chi connectivity index (χ2n) is 5.99. The number of carbonyl (C=O) groups excluding carboxylic acids is 1. The number of anilines is 1. The van der Waals surface area contributed by atoms with Crippen LogP contribution in [0.3, 0.4) is 0 Å². The number of carbonyl (C=O) groups is 1. The lowest BCUT2D eigenvalue weighted by molar-refractivity contribution is -0.384. The number of nitro groups is 1. The second-order valence-corrected chi connectivity index (χ2v) is 6.37. The Kier molecular flexibility index (Phi) is 7.10. The lowest BCUT2D eigenvalue weighted by Gasteiger charge is -2.21. The summed E-state index contributed by atoms with van der Waals surface area (Å²) < 4.78 is 4.95. The third kappa shape index (κ3) is 5.81. The Hall–Kier alpha value is -2.46. The predicted octanol–water partition coefficient (Wildman–Crippen LogP) is 1.66. The van der Waals surface area contributed by atoms with Gasteiger partial charge in [-0.25, -0.2) is 0 Å². The van der Waals surface area contributed by atoms with Gasteiger partial charge in [-0.05, 0) is 43.6 Å². The Labute approximate surface area is 157 Å². The number of hydrazine groups is 1. The first kappa shape index (κ1) is 19.9. The molecule has 0 bridgehead atoms. The van der Waals surface area contributed by atoms with E-state index in [0.29, 0.717) is 24.0 Å². The first-order valence-electron chi connectivity index (χ1n) is 8.29. The molecule has 1 saturated carbocycles. The SMILES string of the molecule is COCCCNC(=S)N(C)NC(=O)c1ccc(NC2CC2)c([N+](=O)[O-])c1. The van der Waals surface area contributed by atoms with Crippen molar-refractivity contribution in [3.05, 3.63) is 33.9 Å². The van der Waals surface area contributed by atoms with Crippen molar-refractivity contribution in [1.29, 1.82) is 0 Å². The molecule has 10 heteroatoms. The smallest absolute Gasteiger partial charge is 0.293 e. The number of hydrogen-bond donors (Lipinski definition) is 3. The fourth-order valence-corrected chi connectivity index (χ4v) is 2.34. The van der Waals surface area contributed by atoms with Crippen molar-refractivity contribution in [2.45, 2.75) is 25.3 Å². The van der Waals surface area contributed by atoms with Crippen molar-refractivity contribution in [2.75, 3.05) is 32.6 Å². The van der Waals surface area contributed by atoms with Gasteiger partial charge in [-0.15, -0.1) is 0 Å². The van der Waals surface area contributed by atoms with Crippen LogP contribution in [0, 0.1) is 10.1 Å². The van der Waals surface area contributed by atoms with Crippen LogP contribution in [-0.4, -0.2) is 54.3 Å². The average Bonchev–Trinajstić information content (AvgIpc) is 3.42. The van der Waals surface area contributed by atoms with Crippen molar-refractivity contribution >= 4 is 34.6 Å². The molecule has 0 aromatic heterocycles. The van der Waals surface area contributed by atoms with E-state index in [1.165, 1.54) is 11.1 Å². The van der Waals surface area contributed by atoms with Gasteiger partial charge in [-0.1, -0.05) is 0 Å². The lowest BCUT2D eigenvalue weighted by Crippen LogP contribution is -2.48. The monoisotopic (exact) mass is 381 g/mol. The molecule has 1 amide bonds. The topological polar surface area (TPSA) is 109 Å². The molecule has 142 valence electrons. The maximum atomic E-state index is 12.4. The number of nitro benzene ring substituents is 1. The lowest BCUT2D eigenvalue weighted by atomic mass is 10.1. The van der Waals surface area contributed by atoms with Crippen LogP contribution in [0.5, 0.6) is 0 Å². The van der Waals surface area contributed by atoms with Crippen LogP contribution < -0.4 is 16.1 Å². The summed E-state index contributed by atoms with van der Waals surface area (Å²) in [5, 5.41) is 19.1. The van der Waals surface area contributed by atoms with Crippen LogP contribution in [0.4, 0.5) is 11.4 Å². The molecule has 0 atom stereocenters. The summed E-state index contributed by atoms with van der Waals surface area (Å²) in [5.41, 5.74) is 3.09. The highest BCUT2D eigenvalue weighted by Crippen LogP contribution is 2.31. The van der Waals surface area contributed by atoms with E-state index in [-0.39, 0.29) is 17.3 Å². The Morgan fingerprint density at radius 2 is 2.19 bits per heavy atom. The molecule has 1 aromatic rings. The van der Waals surface area contributed by atoms with E-state index in [0.717, 1.165) is 19.3 Å². The largest absolute Gasteiger partial charge is 0.385 e. The molecule has 9 nitrogen and oxygen atoms in total. The number of amides is 1. The van der Waals surface area contributed by atoms with Crippen molar-refractivity contribution in [2.24, 2.45) is 0 Å². The van der Waals surface area contributed by atoms with Gasteiger partial charge in [-0.3, -0.25) is 25.3 Å². The molecule has 0 unspecified atom stereocenters. The van der Waals surface area contributed by atoms with Crippen molar-refractivity contribution in [1.82, 2.24) is 15.8 Å². The van der Waals surface area contributed by atoms with Gasteiger partial charge in [0.15, 0.2) is 5.11 Å². The number of methoxy groups -OCH3 is 1. The molecule has 0 radical (unpaired) electrons. The Bertz CT molecular complexity index is 681. The number of nitrogens with zero attached hydrogens (tertiary/aromatic N) is 2. The summed E-state index contributed by atoms with van der Waals surface area (Å²) >= 11 is 5.18. The third-order valence-electron chi connectivity index (χ3n) is 3.77. The summed E-state index contributed by atoms with van der Waals surface area (Å²) in [6.45, 7) is 1.22. The number of ether oxygens (including phenoxy) is 1. The van der Waals surface area contributed by atoms with E-state index in [2.05, 4.69) is 16.1 Å². The number of benzene rings is 1. The highest BCUT2D eigenvalue weighted by atomic mass is 32.1. The summed E-state index contributed by atoms with van der Waals surface area (Å²) in [4.78, 5) is 23.1. The minimum atomic E-state index is -0.493. The number of rotatable bonds is 8. The van der Waals surface area contributed by atoms with Crippen LogP contribution in [0.1, 0.15) is 29.6 Å². The molecule has 0 heterocycles. The van der Waals surface area contributed by atoms with E-state index in [1.807, 2.05) is 0 Å². The fourth-order valence-electron chi connectivity index (χ4n) is 2.19. The van der Waals surface area contributed by atoms with Crippen molar-refractivity contribution in [3.8, 4) is 0 Å². The fraction of sp³-hybridized carbons (Fsp3) is 0.500. The van der Waals surface area contributed by atoms with E-state index in [4.69, 9.17) is 17.0 Å². The van der Waals surface area contributed by atoms with E-state index < -0.39 is 10.8 Å². The molecule has 1 aliphatic carbocycles. The maximum absolute atomic E-state index is 12.4. The summed E-state index contributed by atoms with van der Waals surface area (Å²) in [7, 11) is 3.22. The minimum absolute atomic E-state index is 0.118. The number of nitrogens with one attached hydrogen (secondary N) is 3. The molecular weight excluding hydrogens is 358 g/mol. The second kappa shape index (κ2) is 9.30. The number of thiocarbonyl (C=S) groups is 1. The van der Waals surface area contributed by atoms with Crippen molar-refractivity contribution < 1.29 is 14.5 Å². The summed E-state index contributed by atoms with van der Waals surface area (Å²) in [5.74, 6) is -0.477. The van der Waals surface area contributed by atoms with Gasteiger partial charge in [0, 0.05) is 45.0 Å². The average molecular weight is 381 g/mol. The van der Waals surface area contributed by atoms with Gasteiger partial charge in [-0.2, -0.15) is 0 Å². The predicted molar refractivity (Wildman–Crippen MR) is 102 cm³/mol. The normalized spacial score (nSPS) is 13.0. The molecule has 0 saturated heterocycles. The quantitative estimate of drug-likeness (QED) is 0.270. The van der Waals surface area contributed by atoms with Crippen molar-refractivity contribution in [3.63, 3.8) is 0 Å². The molecule has 1 aliphatic rings. The first-order valence-corrected chi connectivity index (χ1v) is 8.69. The Morgan fingerprint density at radius 3 is 2.81 bits per heavy atom. The van der Waals surface area contributed by atoms with Gasteiger partial charge in [0.2, 0.25) is 0 Å². The molecular formula is C16H23N5O4S. The van der Waals surface area contributed by atoms with E-state index in [1.54, 1.807) is 26.3 Å². The Morgan fingerprint density at radius 1 is 1.46 bits per heavy atom. The molecule has 26 heavy (non-hydrogen) atoms. The summed E-state index contributed by atoms with van der Waals surface area (Å²) in [6, 6.07) is 4.66. The van der Waals surface area contributed by atoms with Gasteiger partial charge < -0.3 is 15.4 Å². The van der Waals surface area contributed by atoms with E-state index >= 15 is 0 Å². The molecule has 3 N–H and O–H groups in total. The van der Waals surface area contributed by atoms with Crippen LogP contribution >= 0.6 is 12.2 Å². The highest BCUT2D eigenvalue weighted by molar-refractivity contribution is 7.80. The maximum Gasteiger partial charge on any atom is 0.293 e. The highest BCUT2D eigenvalue weighted by Gasteiger charge is 2.25. The third-order valence-corrected chi connectivity index (χ3v) is 4.19. The van der Waals surface area contributed by atoms with Crippen LogP contribution in [0.15, 0.2) is 18.2 Å². The van der Waals surface area contributed by atoms with E-state index in [9.17, 15) is 14.9 Å². The van der Waals surface area contributed by atoms with Crippen LogP contribution in [0.25, 0.3) is 0 Å². The first-order chi connectivity index (χ1) is 12.4. The minimum Gasteiger partial charge on any atom is -0.385 e. The zero-order valence-electron chi connectivity index (χ0n) is 14.8. The molecule has 0 spiro atoms. The van der Waals surface area contributed by atoms with Gasteiger partial charge in [0.05, 0.1) is 4.92 Å². The zero-order valence-corrected chi connectivity index (χ0v) is 15.6. The number of hydrogen-bond acceptors (Lipinski definition) is 6. The molecule has 2 rings (SSSR count). The Balaban J connectivity index is 1.96. The zero-order chi connectivity index (χ0) is 19.1. The van der Waals surface area contributed by atoms with Crippen LogP contribution in [-0.2, 0) is 4.74 Å². The molecule has 0 aliphatic heterocycles. The molecule has 1 aromatic carbocycles. The van der Waals surface area contributed by atoms with Gasteiger partial charge in [0.1, 0.15) is 5.69 Å². The summed E-state index contributed by atoms with van der Waals surface area (Å²) in [6.07, 6.45) is 2.78. The van der Waals surface area contributed by atoms with Crippen LogP contribution in [0.2, 0.25) is 0 Å². The standard InChI is InChI=1S/C16H23N5O4S/c1-20(16(26)17-8-3-9-25-2)19-15(22)11-4-7-13(18-12-5-6-12)14(10-11)21(23)24/h4,7,10,12,18H,3,5-6,8-9H2,1-2H3,(H,17,26)(H,19,22). The molecule has 1 fully saturated rings.